The van der Waals surface area contributed by atoms with Gasteiger partial charge in [-0.3, -0.25) is 9.59 Å². The highest BCUT2D eigenvalue weighted by atomic mass is 16.2. The molecule has 1 fully saturated rings. The van der Waals surface area contributed by atoms with E-state index in [1.165, 1.54) is 0 Å². The van der Waals surface area contributed by atoms with Crippen LogP contribution in [0.25, 0.3) is 0 Å². The third-order valence-corrected chi connectivity index (χ3v) is 3.16. The molecule has 1 rings (SSSR count). The summed E-state index contributed by atoms with van der Waals surface area (Å²) in [5.74, 6) is 0.666. The maximum atomic E-state index is 11.9. The fourth-order valence-corrected chi connectivity index (χ4v) is 2.15. The van der Waals surface area contributed by atoms with Gasteiger partial charge in [0.2, 0.25) is 11.8 Å². The van der Waals surface area contributed by atoms with Crippen LogP contribution in [0.4, 0.5) is 0 Å². The zero-order chi connectivity index (χ0) is 13.4. The minimum absolute atomic E-state index is 0.00675. The van der Waals surface area contributed by atoms with E-state index in [9.17, 15) is 9.59 Å². The predicted octanol–water partition coefficient (Wildman–Crippen LogP) is 0.265. The number of hydrogen-bond acceptors (Lipinski definition) is 3. The molecular formula is C13H25N3O2. The Balaban J connectivity index is 2.14. The second-order valence-corrected chi connectivity index (χ2v) is 5.09. The van der Waals surface area contributed by atoms with Gasteiger partial charge in [-0.2, -0.15) is 0 Å². The second-order valence-electron chi connectivity index (χ2n) is 5.09. The SMILES string of the molecule is CCCNC(=O)CCNC(=O)C1CNCC(C)C1. The molecule has 0 radical (unpaired) electrons. The highest BCUT2D eigenvalue weighted by Crippen LogP contribution is 2.15. The minimum atomic E-state index is 0.00675. The van der Waals surface area contributed by atoms with Gasteiger partial charge >= 0.3 is 0 Å². The highest BCUT2D eigenvalue weighted by molar-refractivity contribution is 5.80. The maximum Gasteiger partial charge on any atom is 0.224 e. The Morgan fingerprint density at radius 2 is 2.00 bits per heavy atom. The van der Waals surface area contributed by atoms with Crippen LogP contribution in [0.1, 0.15) is 33.1 Å². The normalized spacial score (nSPS) is 23.4. The lowest BCUT2D eigenvalue weighted by Gasteiger charge is -2.26. The molecule has 1 aliphatic heterocycles. The molecule has 5 nitrogen and oxygen atoms in total. The van der Waals surface area contributed by atoms with Gasteiger partial charge in [0.1, 0.15) is 0 Å². The third-order valence-electron chi connectivity index (χ3n) is 3.16. The van der Waals surface area contributed by atoms with Gasteiger partial charge in [0.25, 0.3) is 0 Å². The van der Waals surface area contributed by atoms with E-state index >= 15 is 0 Å². The molecule has 5 heteroatoms. The number of piperidine rings is 1. The molecule has 2 amide bonds. The molecule has 3 N–H and O–H groups in total. The summed E-state index contributed by atoms with van der Waals surface area (Å²) in [6.45, 7) is 7.03. The van der Waals surface area contributed by atoms with E-state index in [2.05, 4.69) is 22.9 Å². The van der Waals surface area contributed by atoms with Gasteiger partial charge in [-0.05, 0) is 25.3 Å². The van der Waals surface area contributed by atoms with Crippen molar-refractivity contribution < 1.29 is 9.59 Å². The van der Waals surface area contributed by atoms with Crippen LogP contribution in [0.3, 0.4) is 0 Å². The Bertz CT molecular complexity index is 281. The molecular weight excluding hydrogens is 230 g/mol. The lowest BCUT2D eigenvalue weighted by Crippen LogP contribution is -2.44. The van der Waals surface area contributed by atoms with Crippen molar-refractivity contribution in [2.45, 2.75) is 33.1 Å². The molecule has 1 heterocycles. The van der Waals surface area contributed by atoms with E-state index in [1.807, 2.05) is 6.92 Å². The minimum Gasteiger partial charge on any atom is -0.356 e. The molecule has 0 aromatic carbocycles. The van der Waals surface area contributed by atoms with Gasteiger partial charge in [-0.15, -0.1) is 0 Å². The first-order valence-corrected chi connectivity index (χ1v) is 6.88. The van der Waals surface area contributed by atoms with Crippen LogP contribution in [0.5, 0.6) is 0 Å². The summed E-state index contributed by atoms with van der Waals surface area (Å²) in [6.07, 6.45) is 2.23. The lowest BCUT2D eigenvalue weighted by molar-refractivity contribution is -0.126. The highest BCUT2D eigenvalue weighted by Gasteiger charge is 2.24. The van der Waals surface area contributed by atoms with Crippen molar-refractivity contribution in [3.05, 3.63) is 0 Å². The van der Waals surface area contributed by atoms with Gasteiger partial charge in [0.05, 0.1) is 5.92 Å². The van der Waals surface area contributed by atoms with Crippen LogP contribution in [-0.2, 0) is 9.59 Å². The molecule has 104 valence electrons. The zero-order valence-electron chi connectivity index (χ0n) is 11.4. The number of nitrogens with one attached hydrogen (secondary N) is 3. The van der Waals surface area contributed by atoms with Crippen molar-refractivity contribution in [1.29, 1.82) is 0 Å². The average molecular weight is 255 g/mol. The maximum absolute atomic E-state index is 11.9. The van der Waals surface area contributed by atoms with Crippen LogP contribution in [0, 0.1) is 11.8 Å². The Kier molecular flexibility index (Phi) is 6.72. The van der Waals surface area contributed by atoms with E-state index < -0.39 is 0 Å². The molecule has 0 aromatic heterocycles. The van der Waals surface area contributed by atoms with E-state index in [-0.39, 0.29) is 17.7 Å². The van der Waals surface area contributed by atoms with Crippen LogP contribution in [-0.4, -0.2) is 38.0 Å². The molecule has 1 saturated heterocycles. The Morgan fingerprint density at radius 1 is 1.22 bits per heavy atom. The largest absolute Gasteiger partial charge is 0.356 e. The van der Waals surface area contributed by atoms with Crippen LogP contribution in [0.2, 0.25) is 0 Å². The van der Waals surface area contributed by atoms with Crippen molar-refractivity contribution in [3.8, 4) is 0 Å². The van der Waals surface area contributed by atoms with Gasteiger partial charge in [0.15, 0.2) is 0 Å². The molecule has 18 heavy (non-hydrogen) atoms. The number of rotatable bonds is 6. The Morgan fingerprint density at radius 3 is 2.67 bits per heavy atom. The monoisotopic (exact) mass is 255 g/mol. The van der Waals surface area contributed by atoms with E-state index in [1.54, 1.807) is 0 Å². The van der Waals surface area contributed by atoms with Crippen molar-refractivity contribution in [2.75, 3.05) is 26.2 Å². The predicted molar refractivity (Wildman–Crippen MR) is 71.1 cm³/mol. The zero-order valence-corrected chi connectivity index (χ0v) is 11.4. The molecule has 2 atom stereocenters. The van der Waals surface area contributed by atoms with Crippen molar-refractivity contribution in [1.82, 2.24) is 16.0 Å². The first-order chi connectivity index (χ1) is 8.63. The van der Waals surface area contributed by atoms with Gasteiger partial charge in [0, 0.05) is 26.1 Å². The van der Waals surface area contributed by atoms with Crippen molar-refractivity contribution >= 4 is 11.8 Å². The van der Waals surface area contributed by atoms with Gasteiger partial charge in [-0.1, -0.05) is 13.8 Å². The average Bonchev–Trinajstić information content (AvgIpc) is 2.36. The Labute approximate surface area is 109 Å². The van der Waals surface area contributed by atoms with Crippen molar-refractivity contribution in [2.24, 2.45) is 11.8 Å². The summed E-state index contributed by atoms with van der Waals surface area (Å²) in [7, 11) is 0. The summed E-state index contributed by atoms with van der Waals surface area (Å²) in [5.41, 5.74) is 0. The molecule has 0 saturated carbocycles. The quantitative estimate of drug-likeness (QED) is 0.638. The van der Waals surface area contributed by atoms with E-state index in [0.717, 1.165) is 25.9 Å². The summed E-state index contributed by atoms with van der Waals surface area (Å²) in [6, 6.07) is 0. The standard InChI is InChI=1S/C13H25N3O2/c1-3-5-15-12(17)4-6-16-13(18)11-7-10(2)8-14-9-11/h10-11,14H,3-9H2,1-2H3,(H,15,17)(H,16,18). The number of hydrogen-bond donors (Lipinski definition) is 3. The molecule has 1 aliphatic rings. The first kappa shape index (κ1) is 15.0. The van der Waals surface area contributed by atoms with Gasteiger partial charge in [-0.25, -0.2) is 0 Å². The fourth-order valence-electron chi connectivity index (χ4n) is 2.15. The summed E-state index contributed by atoms with van der Waals surface area (Å²) in [5, 5.41) is 8.88. The van der Waals surface area contributed by atoms with E-state index in [0.29, 0.717) is 25.4 Å². The molecule has 0 aliphatic carbocycles. The van der Waals surface area contributed by atoms with Gasteiger partial charge < -0.3 is 16.0 Å². The molecule has 2 unspecified atom stereocenters. The van der Waals surface area contributed by atoms with Crippen LogP contribution >= 0.6 is 0 Å². The number of carbonyl (C=O) groups excluding carboxylic acids is 2. The molecule has 0 spiro atoms. The molecule has 0 aromatic rings. The van der Waals surface area contributed by atoms with E-state index in [4.69, 9.17) is 0 Å². The lowest BCUT2D eigenvalue weighted by atomic mass is 9.91. The summed E-state index contributed by atoms with van der Waals surface area (Å²) >= 11 is 0. The first-order valence-electron chi connectivity index (χ1n) is 6.88. The summed E-state index contributed by atoms with van der Waals surface area (Å²) < 4.78 is 0. The van der Waals surface area contributed by atoms with Crippen LogP contribution < -0.4 is 16.0 Å². The second kappa shape index (κ2) is 8.08. The summed E-state index contributed by atoms with van der Waals surface area (Å²) in [4.78, 5) is 23.2. The van der Waals surface area contributed by atoms with Crippen LogP contribution in [0.15, 0.2) is 0 Å². The fraction of sp³-hybridized carbons (Fsp3) is 0.846. The smallest absolute Gasteiger partial charge is 0.224 e. The topological polar surface area (TPSA) is 70.2 Å². The number of amides is 2. The molecule has 0 bridgehead atoms. The third kappa shape index (κ3) is 5.49. The number of carbonyl (C=O) groups is 2. The van der Waals surface area contributed by atoms with Crippen molar-refractivity contribution in [3.63, 3.8) is 0 Å². The Hall–Kier alpha value is -1.10.